The van der Waals surface area contributed by atoms with Gasteiger partial charge in [-0.3, -0.25) is 4.90 Å². The molecule has 0 unspecified atom stereocenters. The molecule has 2 nitrogen and oxygen atoms in total. The van der Waals surface area contributed by atoms with Crippen molar-refractivity contribution in [1.29, 1.82) is 0 Å². The summed E-state index contributed by atoms with van der Waals surface area (Å²) in [5, 5.41) is 0. The number of fused-ring (bicyclic) bond motifs is 1. The average molecular weight is 252 g/mol. The lowest BCUT2D eigenvalue weighted by Gasteiger charge is -2.14. The third kappa shape index (κ3) is 2.79. The molecule has 0 aromatic heterocycles. The maximum absolute atomic E-state index is 6.03. The van der Waals surface area contributed by atoms with E-state index in [9.17, 15) is 0 Å². The van der Waals surface area contributed by atoms with Crippen molar-refractivity contribution in [3.8, 4) is 0 Å². The SMILES string of the molecule is Nc1cccc2c1CN(CCCc1ccccc1)C2. The smallest absolute Gasteiger partial charge is 0.0363 e. The highest BCUT2D eigenvalue weighted by Crippen LogP contribution is 2.27. The van der Waals surface area contributed by atoms with E-state index in [2.05, 4.69) is 47.4 Å². The monoisotopic (exact) mass is 252 g/mol. The Morgan fingerprint density at radius 3 is 2.58 bits per heavy atom. The minimum Gasteiger partial charge on any atom is -0.398 e. The van der Waals surface area contributed by atoms with Crippen molar-refractivity contribution in [3.63, 3.8) is 0 Å². The molecule has 0 fully saturated rings. The first-order valence-corrected chi connectivity index (χ1v) is 6.95. The van der Waals surface area contributed by atoms with Crippen LogP contribution in [0.1, 0.15) is 23.1 Å². The molecule has 0 aliphatic carbocycles. The number of nitrogen functional groups attached to an aromatic ring is 1. The summed E-state index contributed by atoms with van der Waals surface area (Å²) in [5.74, 6) is 0. The fourth-order valence-electron chi connectivity index (χ4n) is 2.83. The van der Waals surface area contributed by atoms with Gasteiger partial charge >= 0.3 is 0 Å². The largest absolute Gasteiger partial charge is 0.398 e. The van der Waals surface area contributed by atoms with Gasteiger partial charge in [0, 0.05) is 18.8 Å². The van der Waals surface area contributed by atoms with E-state index in [1.165, 1.54) is 23.1 Å². The van der Waals surface area contributed by atoms with Gasteiger partial charge in [0.25, 0.3) is 0 Å². The molecule has 1 aliphatic heterocycles. The zero-order chi connectivity index (χ0) is 13.1. The van der Waals surface area contributed by atoms with Crippen LogP contribution in [-0.2, 0) is 19.5 Å². The van der Waals surface area contributed by atoms with Crippen LogP contribution in [-0.4, -0.2) is 11.4 Å². The Kier molecular flexibility index (Phi) is 3.51. The summed E-state index contributed by atoms with van der Waals surface area (Å²) in [6.07, 6.45) is 2.36. The molecule has 1 heterocycles. The first-order valence-electron chi connectivity index (χ1n) is 6.95. The molecule has 2 heteroatoms. The van der Waals surface area contributed by atoms with Crippen LogP contribution in [0.4, 0.5) is 5.69 Å². The minimum atomic E-state index is 0.947. The molecule has 2 N–H and O–H groups in total. The number of anilines is 1. The molecule has 0 saturated carbocycles. The van der Waals surface area contributed by atoms with Crippen LogP contribution in [0.5, 0.6) is 0 Å². The van der Waals surface area contributed by atoms with Crippen LogP contribution in [0.15, 0.2) is 48.5 Å². The van der Waals surface area contributed by atoms with Crippen LogP contribution < -0.4 is 5.73 Å². The topological polar surface area (TPSA) is 29.3 Å². The molecule has 98 valence electrons. The summed E-state index contributed by atoms with van der Waals surface area (Å²) in [7, 11) is 0. The number of benzene rings is 2. The summed E-state index contributed by atoms with van der Waals surface area (Å²) in [6, 6.07) is 17.0. The molecular weight excluding hydrogens is 232 g/mol. The van der Waals surface area contributed by atoms with Crippen LogP contribution in [0.3, 0.4) is 0 Å². The Labute approximate surface area is 114 Å². The molecule has 0 bridgehead atoms. The van der Waals surface area contributed by atoms with Crippen molar-refractivity contribution in [3.05, 3.63) is 65.2 Å². The normalized spacial score (nSPS) is 14.5. The Morgan fingerprint density at radius 1 is 0.947 bits per heavy atom. The van der Waals surface area contributed by atoms with Crippen molar-refractivity contribution in [2.24, 2.45) is 0 Å². The molecule has 0 radical (unpaired) electrons. The van der Waals surface area contributed by atoms with Gasteiger partial charge in [-0.2, -0.15) is 0 Å². The zero-order valence-electron chi connectivity index (χ0n) is 11.2. The summed E-state index contributed by atoms with van der Waals surface area (Å²) in [4.78, 5) is 2.49. The van der Waals surface area contributed by atoms with E-state index >= 15 is 0 Å². The van der Waals surface area contributed by atoms with E-state index in [0.29, 0.717) is 0 Å². The van der Waals surface area contributed by atoms with Gasteiger partial charge < -0.3 is 5.73 Å². The number of aryl methyl sites for hydroxylation is 1. The second-order valence-corrected chi connectivity index (χ2v) is 5.28. The molecule has 19 heavy (non-hydrogen) atoms. The van der Waals surface area contributed by atoms with Crippen LogP contribution in [0, 0.1) is 0 Å². The Bertz CT molecular complexity index is 548. The number of nitrogens with zero attached hydrogens (tertiary/aromatic N) is 1. The Morgan fingerprint density at radius 2 is 1.79 bits per heavy atom. The Balaban J connectivity index is 1.53. The van der Waals surface area contributed by atoms with E-state index in [-0.39, 0.29) is 0 Å². The minimum absolute atomic E-state index is 0.947. The maximum Gasteiger partial charge on any atom is 0.0363 e. The van der Waals surface area contributed by atoms with Gasteiger partial charge in [-0.15, -0.1) is 0 Å². The highest BCUT2D eigenvalue weighted by atomic mass is 15.1. The van der Waals surface area contributed by atoms with Gasteiger partial charge in [0.05, 0.1) is 0 Å². The lowest BCUT2D eigenvalue weighted by atomic mass is 10.1. The molecule has 2 aromatic rings. The van der Waals surface area contributed by atoms with Crippen LogP contribution in [0.2, 0.25) is 0 Å². The van der Waals surface area contributed by atoms with Crippen molar-refractivity contribution in [2.75, 3.05) is 12.3 Å². The number of hydrogen-bond acceptors (Lipinski definition) is 2. The number of nitrogens with two attached hydrogens (primary N) is 1. The molecule has 0 spiro atoms. The molecule has 2 aromatic carbocycles. The number of rotatable bonds is 4. The zero-order valence-corrected chi connectivity index (χ0v) is 11.2. The van der Waals surface area contributed by atoms with Gasteiger partial charge in [0.1, 0.15) is 0 Å². The van der Waals surface area contributed by atoms with Crippen LogP contribution in [0.25, 0.3) is 0 Å². The van der Waals surface area contributed by atoms with E-state index in [1.54, 1.807) is 0 Å². The predicted octanol–water partition coefficient (Wildman–Crippen LogP) is 3.22. The molecule has 3 rings (SSSR count). The van der Waals surface area contributed by atoms with Crippen molar-refractivity contribution < 1.29 is 0 Å². The van der Waals surface area contributed by atoms with E-state index in [1.807, 2.05) is 6.07 Å². The first-order chi connectivity index (χ1) is 9.33. The average Bonchev–Trinajstić information content (AvgIpc) is 2.84. The first kappa shape index (κ1) is 12.2. The van der Waals surface area contributed by atoms with Crippen LogP contribution >= 0.6 is 0 Å². The van der Waals surface area contributed by atoms with Gasteiger partial charge in [0.2, 0.25) is 0 Å². The standard InChI is InChI=1S/C17H20N2/c18-17-10-4-9-15-12-19(13-16(15)17)11-5-8-14-6-2-1-3-7-14/h1-4,6-7,9-10H,5,8,11-13,18H2. The molecule has 0 atom stereocenters. The van der Waals surface area contributed by atoms with Gasteiger partial charge in [0.15, 0.2) is 0 Å². The van der Waals surface area contributed by atoms with Crippen molar-refractivity contribution in [1.82, 2.24) is 4.90 Å². The third-order valence-electron chi connectivity index (χ3n) is 3.87. The van der Waals surface area contributed by atoms with Gasteiger partial charge in [-0.05, 0) is 42.1 Å². The summed E-state index contributed by atoms with van der Waals surface area (Å²) < 4.78 is 0. The van der Waals surface area contributed by atoms with Crippen molar-refractivity contribution in [2.45, 2.75) is 25.9 Å². The molecular formula is C17H20N2. The summed E-state index contributed by atoms with van der Waals surface area (Å²) in [5.41, 5.74) is 11.1. The predicted molar refractivity (Wildman–Crippen MR) is 79.7 cm³/mol. The van der Waals surface area contributed by atoms with Crippen molar-refractivity contribution >= 4 is 5.69 Å². The fraction of sp³-hybridized carbons (Fsp3) is 0.294. The quantitative estimate of drug-likeness (QED) is 0.847. The second-order valence-electron chi connectivity index (χ2n) is 5.28. The lowest BCUT2D eigenvalue weighted by Crippen LogP contribution is -2.18. The highest BCUT2D eigenvalue weighted by molar-refractivity contribution is 5.52. The molecule has 0 amide bonds. The number of hydrogen-bond donors (Lipinski definition) is 1. The second kappa shape index (κ2) is 5.45. The molecule has 1 aliphatic rings. The maximum atomic E-state index is 6.03. The fourth-order valence-corrected chi connectivity index (χ4v) is 2.83. The molecule has 0 saturated heterocycles. The highest BCUT2D eigenvalue weighted by Gasteiger charge is 2.19. The summed E-state index contributed by atoms with van der Waals surface area (Å²) >= 11 is 0. The van der Waals surface area contributed by atoms with E-state index < -0.39 is 0 Å². The Hall–Kier alpha value is -1.80. The lowest BCUT2D eigenvalue weighted by molar-refractivity contribution is 0.281. The van der Waals surface area contributed by atoms with Gasteiger partial charge in [-0.25, -0.2) is 0 Å². The summed E-state index contributed by atoms with van der Waals surface area (Å²) in [6.45, 7) is 3.20. The van der Waals surface area contributed by atoms with Gasteiger partial charge in [-0.1, -0.05) is 42.5 Å². The third-order valence-corrected chi connectivity index (χ3v) is 3.87. The van der Waals surface area contributed by atoms with E-state index in [0.717, 1.165) is 31.7 Å². The van der Waals surface area contributed by atoms with E-state index in [4.69, 9.17) is 5.73 Å².